The summed E-state index contributed by atoms with van der Waals surface area (Å²) in [6, 6.07) is 8.97. The maximum atomic E-state index is 12.5. The molecule has 0 bridgehead atoms. The number of aliphatic carboxylic acids is 1. The molecule has 2 aromatic rings. The van der Waals surface area contributed by atoms with Gasteiger partial charge in [0.05, 0.1) is 0 Å². The molecule has 126 valence electrons. The van der Waals surface area contributed by atoms with E-state index in [2.05, 4.69) is 10.2 Å². The van der Waals surface area contributed by atoms with E-state index in [1.54, 1.807) is 6.33 Å². The van der Waals surface area contributed by atoms with Gasteiger partial charge in [0.15, 0.2) is 0 Å². The molecule has 3 rings (SSSR count). The Kier molecular flexibility index (Phi) is 4.88. The van der Waals surface area contributed by atoms with E-state index in [0.717, 1.165) is 18.5 Å². The topological polar surface area (TPSA) is 88.3 Å². The minimum absolute atomic E-state index is 0.135. The quantitative estimate of drug-likeness (QED) is 0.902. The summed E-state index contributed by atoms with van der Waals surface area (Å²) in [6.45, 7) is 0.515. The van der Waals surface area contributed by atoms with Crippen LogP contribution in [0.1, 0.15) is 31.5 Å². The van der Waals surface area contributed by atoms with Crippen molar-refractivity contribution in [3.63, 3.8) is 0 Å². The number of para-hydroxylation sites is 1. The first-order valence-electron chi connectivity index (χ1n) is 8.13. The largest absolute Gasteiger partial charge is 0.480 e. The molecule has 1 aliphatic heterocycles. The molecule has 0 aliphatic carbocycles. The third-order valence-electron chi connectivity index (χ3n) is 4.32. The van der Waals surface area contributed by atoms with E-state index in [4.69, 9.17) is 0 Å². The van der Waals surface area contributed by atoms with Crippen LogP contribution in [-0.2, 0) is 16.0 Å². The van der Waals surface area contributed by atoms with Gasteiger partial charge >= 0.3 is 5.97 Å². The van der Waals surface area contributed by atoms with Gasteiger partial charge in [0.1, 0.15) is 18.2 Å². The van der Waals surface area contributed by atoms with Crippen molar-refractivity contribution in [1.29, 1.82) is 0 Å². The summed E-state index contributed by atoms with van der Waals surface area (Å²) in [7, 11) is 0. The highest BCUT2D eigenvalue weighted by atomic mass is 16.4. The van der Waals surface area contributed by atoms with Gasteiger partial charge in [-0.2, -0.15) is 0 Å². The lowest BCUT2D eigenvalue weighted by molar-refractivity contribution is -0.152. The average Bonchev–Trinajstić information content (AvgIpc) is 3.09. The van der Waals surface area contributed by atoms with E-state index < -0.39 is 12.0 Å². The molecule has 1 atom stereocenters. The molecular weight excluding hydrogens is 308 g/mol. The lowest BCUT2D eigenvalue weighted by Crippen LogP contribution is -2.48. The molecule has 1 aromatic heterocycles. The molecule has 1 saturated heterocycles. The maximum absolute atomic E-state index is 12.5. The van der Waals surface area contributed by atoms with Crippen LogP contribution in [0.3, 0.4) is 0 Å². The van der Waals surface area contributed by atoms with Crippen molar-refractivity contribution in [3.8, 4) is 5.69 Å². The second-order valence-corrected chi connectivity index (χ2v) is 5.89. The molecule has 1 fully saturated rings. The first-order valence-corrected chi connectivity index (χ1v) is 8.13. The van der Waals surface area contributed by atoms with Gasteiger partial charge in [-0.05, 0) is 31.4 Å². The fourth-order valence-electron chi connectivity index (χ4n) is 3.08. The molecule has 1 N–H and O–H groups in total. The molecule has 0 radical (unpaired) electrons. The molecule has 1 amide bonds. The Balaban J connectivity index is 1.67. The van der Waals surface area contributed by atoms with Crippen LogP contribution in [0.5, 0.6) is 0 Å². The van der Waals surface area contributed by atoms with Crippen LogP contribution in [-0.4, -0.2) is 49.2 Å². The van der Waals surface area contributed by atoms with Crippen LogP contribution < -0.4 is 0 Å². The zero-order valence-electron chi connectivity index (χ0n) is 13.3. The first kappa shape index (κ1) is 16.2. The van der Waals surface area contributed by atoms with Gasteiger partial charge in [-0.3, -0.25) is 9.36 Å². The van der Waals surface area contributed by atoms with Gasteiger partial charge in [0, 0.05) is 25.1 Å². The number of benzene rings is 1. The van der Waals surface area contributed by atoms with Gasteiger partial charge in [-0.25, -0.2) is 4.79 Å². The van der Waals surface area contributed by atoms with Crippen molar-refractivity contribution in [2.75, 3.05) is 6.54 Å². The number of carbonyl (C=O) groups is 2. The predicted octanol–water partition coefficient (Wildman–Crippen LogP) is 1.67. The Bertz CT molecular complexity index is 714. The SMILES string of the molecule is O=C(O)[C@@H]1CCCCN1C(=O)CCc1nncn1-c1ccccc1. The standard InChI is InChI=1S/C17H20N4O3/c22-16(20-11-5-4-8-14(20)17(23)24)10-9-15-19-18-12-21(15)13-6-2-1-3-7-13/h1-3,6-7,12,14H,4-5,8-11H2,(H,23,24)/t14-/m0/s1. The van der Waals surface area contributed by atoms with Crippen LogP contribution in [0.2, 0.25) is 0 Å². The molecule has 7 nitrogen and oxygen atoms in total. The Hall–Kier alpha value is -2.70. The summed E-state index contributed by atoms with van der Waals surface area (Å²) in [5.74, 6) is -0.362. The van der Waals surface area contributed by atoms with Crippen molar-refractivity contribution < 1.29 is 14.7 Å². The Morgan fingerprint density at radius 1 is 1.21 bits per heavy atom. The van der Waals surface area contributed by atoms with E-state index in [1.807, 2.05) is 34.9 Å². The fourth-order valence-corrected chi connectivity index (χ4v) is 3.08. The Labute approximate surface area is 139 Å². The van der Waals surface area contributed by atoms with E-state index >= 15 is 0 Å². The highest BCUT2D eigenvalue weighted by molar-refractivity contribution is 5.84. The molecule has 7 heteroatoms. The first-order chi connectivity index (χ1) is 11.7. The van der Waals surface area contributed by atoms with Crippen molar-refractivity contribution in [2.45, 2.75) is 38.1 Å². The summed E-state index contributed by atoms with van der Waals surface area (Å²) in [5.41, 5.74) is 0.936. The monoisotopic (exact) mass is 328 g/mol. The molecule has 1 aromatic carbocycles. The van der Waals surface area contributed by atoms with Gasteiger partial charge in [0.25, 0.3) is 0 Å². The summed E-state index contributed by atoms with van der Waals surface area (Å²) in [6.07, 6.45) is 4.52. The number of hydrogen-bond acceptors (Lipinski definition) is 4. The number of amides is 1. The van der Waals surface area contributed by atoms with Crippen molar-refractivity contribution in [2.24, 2.45) is 0 Å². The molecular formula is C17H20N4O3. The summed E-state index contributed by atoms with van der Waals surface area (Å²) < 4.78 is 1.85. The zero-order valence-corrected chi connectivity index (χ0v) is 13.3. The van der Waals surface area contributed by atoms with E-state index in [-0.39, 0.29) is 12.3 Å². The zero-order chi connectivity index (χ0) is 16.9. The number of piperidine rings is 1. The normalized spacial score (nSPS) is 17.7. The minimum atomic E-state index is -0.921. The highest BCUT2D eigenvalue weighted by Crippen LogP contribution is 2.19. The van der Waals surface area contributed by atoms with Crippen LogP contribution >= 0.6 is 0 Å². The summed E-state index contributed by atoms with van der Waals surface area (Å²) >= 11 is 0. The number of likely N-dealkylation sites (tertiary alicyclic amines) is 1. The average molecular weight is 328 g/mol. The Morgan fingerprint density at radius 3 is 2.75 bits per heavy atom. The van der Waals surface area contributed by atoms with E-state index in [1.165, 1.54) is 4.90 Å². The smallest absolute Gasteiger partial charge is 0.326 e. The number of carboxylic acids is 1. The van der Waals surface area contributed by atoms with Crippen molar-refractivity contribution in [1.82, 2.24) is 19.7 Å². The third-order valence-corrected chi connectivity index (χ3v) is 4.32. The van der Waals surface area contributed by atoms with Gasteiger partial charge in [0.2, 0.25) is 5.91 Å². The number of aryl methyl sites for hydroxylation is 1. The van der Waals surface area contributed by atoms with Gasteiger partial charge in [-0.1, -0.05) is 18.2 Å². The van der Waals surface area contributed by atoms with Crippen molar-refractivity contribution >= 4 is 11.9 Å². The lowest BCUT2D eigenvalue weighted by atomic mass is 10.0. The number of hydrogen-bond donors (Lipinski definition) is 1. The van der Waals surface area contributed by atoms with Gasteiger partial charge < -0.3 is 10.0 Å². The van der Waals surface area contributed by atoms with Gasteiger partial charge in [-0.15, -0.1) is 10.2 Å². The Morgan fingerprint density at radius 2 is 2.00 bits per heavy atom. The number of aromatic nitrogens is 3. The minimum Gasteiger partial charge on any atom is -0.480 e. The molecule has 2 heterocycles. The van der Waals surface area contributed by atoms with Crippen LogP contribution in [0.25, 0.3) is 5.69 Å². The molecule has 24 heavy (non-hydrogen) atoms. The van der Waals surface area contributed by atoms with Crippen LogP contribution in [0, 0.1) is 0 Å². The second kappa shape index (κ2) is 7.25. The van der Waals surface area contributed by atoms with Crippen LogP contribution in [0.15, 0.2) is 36.7 Å². The fraction of sp³-hybridized carbons (Fsp3) is 0.412. The summed E-state index contributed by atoms with van der Waals surface area (Å²) in [5, 5.41) is 17.3. The number of carboxylic acid groups (broad SMARTS) is 1. The molecule has 0 unspecified atom stereocenters. The third kappa shape index (κ3) is 3.45. The van der Waals surface area contributed by atoms with Crippen LogP contribution in [0.4, 0.5) is 0 Å². The second-order valence-electron chi connectivity index (χ2n) is 5.89. The lowest BCUT2D eigenvalue weighted by Gasteiger charge is -2.33. The predicted molar refractivity (Wildman–Crippen MR) is 86.7 cm³/mol. The number of carbonyl (C=O) groups excluding carboxylic acids is 1. The summed E-state index contributed by atoms with van der Waals surface area (Å²) in [4.78, 5) is 25.3. The molecule has 1 aliphatic rings. The molecule has 0 saturated carbocycles. The number of rotatable bonds is 5. The highest BCUT2D eigenvalue weighted by Gasteiger charge is 2.31. The van der Waals surface area contributed by atoms with E-state index in [0.29, 0.717) is 25.2 Å². The molecule has 0 spiro atoms. The van der Waals surface area contributed by atoms with Crippen molar-refractivity contribution in [3.05, 3.63) is 42.5 Å². The number of nitrogens with zero attached hydrogens (tertiary/aromatic N) is 4. The van der Waals surface area contributed by atoms with E-state index in [9.17, 15) is 14.7 Å². The maximum Gasteiger partial charge on any atom is 0.326 e.